The Labute approximate surface area is 110 Å². The van der Waals surface area contributed by atoms with E-state index in [0.717, 1.165) is 6.42 Å². The van der Waals surface area contributed by atoms with E-state index in [4.69, 9.17) is 11.6 Å². The van der Waals surface area contributed by atoms with E-state index < -0.39 is 0 Å². The van der Waals surface area contributed by atoms with Crippen molar-refractivity contribution in [1.82, 2.24) is 15.1 Å². The van der Waals surface area contributed by atoms with Gasteiger partial charge in [-0.05, 0) is 6.42 Å². The Morgan fingerprint density at radius 1 is 1.56 bits per heavy atom. The summed E-state index contributed by atoms with van der Waals surface area (Å²) in [7, 11) is 1.57. The van der Waals surface area contributed by atoms with Crippen LogP contribution >= 0.6 is 11.6 Å². The Morgan fingerprint density at radius 3 is 2.89 bits per heavy atom. The molecule has 1 amide bonds. The summed E-state index contributed by atoms with van der Waals surface area (Å²) in [6, 6.07) is 0. The molecule has 0 radical (unpaired) electrons. The second kappa shape index (κ2) is 7.00. The van der Waals surface area contributed by atoms with E-state index in [9.17, 15) is 9.59 Å². The van der Waals surface area contributed by atoms with Gasteiger partial charge in [-0.25, -0.2) is 4.68 Å². The number of anilines is 1. The highest BCUT2D eigenvalue weighted by Gasteiger charge is 2.08. The number of aryl methyl sites for hydroxylation is 1. The van der Waals surface area contributed by atoms with Gasteiger partial charge in [0.15, 0.2) is 0 Å². The van der Waals surface area contributed by atoms with E-state index in [1.54, 1.807) is 7.05 Å². The van der Waals surface area contributed by atoms with Gasteiger partial charge in [-0.3, -0.25) is 9.59 Å². The van der Waals surface area contributed by atoms with Crippen molar-refractivity contribution in [3.05, 3.63) is 21.6 Å². The molecule has 0 aliphatic rings. The lowest BCUT2D eigenvalue weighted by molar-refractivity contribution is -0.120. The summed E-state index contributed by atoms with van der Waals surface area (Å²) in [5.74, 6) is -0.0779. The van der Waals surface area contributed by atoms with Gasteiger partial charge in [-0.2, -0.15) is 5.10 Å². The van der Waals surface area contributed by atoms with Crippen LogP contribution in [-0.4, -0.2) is 29.3 Å². The normalized spacial score (nSPS) is 10.2. The summed E-state index contributed by atoms with van der Waals surface area (Å²) in [6.07, 6.45) is 2.63. The van der Waals surface area contributed by atoms with Gasteiger partial charge in [0.1, 0.15) is 5.02 Å². The summed E-state index contributed by atoms with van der Waals surface area (Å²) in [5, 5.41) is 9.54. The minimum atomic E-state index is -0.316. The molecule has 7 heteroatoms. The average molecular weight is 273 g/mol. The lowest BCUT2D eigenvalue weighted by atomic mass is 10.3. The highest BCUT2D eigenvalue weighted by atomic mass is 35.5. The SMILES string of the molecule is CCCn1ncc(NCCC(=O)NC)c(Cl)c1=O. The molecule has 0 fully saturated rings. The van der Waals surface area contributed by atoms with Crippen LogP contribution in [0.25, 0.3) is 0 Å². The Balaban J connectivity index is 2.70. The number of nitrogens with one attached hydrogen (secondary N) is 2. The number of nitrogens with zero attached hydrogens (tertiary/aromatic N) is 2. The first-order valence-corrected chi connectivity index (χ1v) is 6.18. The molecule has 0 saturated heterocycles. The first-order valence-electron chi connectivity index (χ1n) is 5.80. The fraction of sp³-hybridized carbons (Fsp3) is 0.545. The Bertz CT molecular complexity index is 473. The third-order valence-electron chi connectivity index (χ3n) is 2.37. The standard InChI is InChI=1S/C11H17ClN4O2/c1-3-6-16-11(18)10(12)8(7-15-16)14-5-4-9(17)13-2/h7,14H,3-6H2,1-2H3,(H,13,17). The summed E-state index contributed by atoms with van der Waals surface area (Å²) < 4.78 is 1.33. The molecular formula is C11H17ClN4O2. The fourth-order valence-corrected chi connectivity index (χ4v) is 1.61. The van der Waals surface area contributed by atoms with Crippen molar-refractivity contribution in [2.45, 2.75) is 26.3 Å². The first kappa shape index (κ1) is 14.5. The van der Waals surface area contributed by atoms with E-state index in [-0.39, 0.29) is 16.5 Å². The number of aromatic nitrogens is 2. The quantitative estimate of drug-likeness (QED) is 0.805. The van der Waals surface area contributed by atoms with Crippen LogP contribution in [0, 0.1) is 0 Å². The number of rotatable bonds is 6. The molecular weight excluding hydrogens is 256 g/mol. The fourth-order valence-electron chi connectivity index (χ4n) is 1.40. The van der Waals surface area contributed by atoms with Crippen molar-refractivity contribution >= 4 is 23.2 Å². The van der Waals surface area contributed by atoms with Crippen LogP contribution < -0.4 is 16.2 Å². The van der Waals surface area contributed by atoms with Crippen molar-refractivity contribution in [2.75, 3.05) is 18.9 Å². The predicted molar refractivity (Wildman–Crippen MR) is 71.0 cm³/mol. The predicted octanol–water partition coefficient (Wildman–Crippen LogP) is 0.855. The summed E-state index contributed by atoms with van der Waals surface area (Å²) in [5.41, 5.74) is 0.140. The molecule has 2 N–H and O–H groups in total. The van der Waals surface area contributed by atoms with Gasteiger partial charge in [0.05, 0.1) is 11.9 Å². The third kappa shape index (κ3) is 3.73. The van der Waals surface area contributed by atoms with E-state index in [1.807, 2.05) is 6.92 Å². The van der Waals surface area contributed by atoms with Crippen LogP contribution in [0.15, 0.2) is 11.0 Å². The van der Waals surface area contributed by atoms with Crippen LogP contribution in [0.4, 0.5) is 5.69 Å². The van der Waals surface area contributed by atoms with Crippen molar-refractivity contribution in [3.8, 4) is 0 Å². The zero-order valence-electron chi connectivity index (χ0n) is 10.5. The van der Waals surface area contributed by atoms with Gasteiger partial charge < -0.3 is 10.6 Å². The van der Waals surface area contributed by atoms with Crippen LogP contribution in [0.5, 0.6) is 0 Å². The summed E-state index contributed by atoms with van der Waals surface area (Å²) in [4.78, 5) is 22.8. The monoisotopic (exact) mass is 272 g/mol. The van der Waals surface area contributed by atoms with Crippen LogP contribution in [0.2, 0.25) is 5.02 Å². The van der Waals surface area contributed by atoms with Gasteiger partial charge in [-0.15, -0.1) is 0 Å². The molecule has 18 heavy (non-hydrogen) atoms. The first-order chi connectivity index (χ1) is 8.60. The number of halogens is 1. The Kier molecular flexibility index (Phi) is 5.64. The number of hydrogen-bond acceptors (Lipinski definition) is 4. The number of hydrogen-bond donors (Lipinski definition) is 2. The molecule has 0 bridgehead atoms. The lowest BCUT2D eigenvalue weighted by Gasteiger charge is -2.09. The Morgan fingerprint density at radius 2 is 2.28 bits per heavy atom. The van der Waals surface area contributed by atoms with Crippen molar-refractivity contribution < 1.29 is 4.79 Å². The maximum absolute atomic E-state index is 11.8. The average Bonchev–Trinajstić information content (AvgIpc) is 2.37. The van der Waals surface area contributed by atoms with Gasteiger partial charge in [0, 0.05) is 26.6 Å². The maximum atomic E-state index is 11.8. The molecule has 0 atom stereocenters. The van der Waals surface area contributed by atoms with E-state index in [2.05, 4.69) is 15.7 Å². The molecule has 0 spiro atoms. The topological polar surface area (TPSA) is 76.0 Å². The molecule has 1 rings (SSSR count). The smallest absolute Gasteiger partial charge is 0.287 e. The zero-order valence-corrected chi connectivity index (χ0v) is 11.3. The highest BCUT2D eigenvalue weighted by Crippen LogP contribution is 2.14. The third-order valence-corrected chi connectivity index (χ3v) is 2.73. The van der Waals surface area contributed by atoms with Gasteiger partial charge in [0.2, 0.25) is 5.91 Å². The molecule has 0 aromatic carbocycles. The highest BCUT2D eigenvalue weighted by molar-refractivity contribution is 6.32. The largest absolute Gasteiger partial charge is 0.382 e. The number of carbonyl (C=O) groups is 1. The number of carbonyl (C=O) groups excluding carboxylic acids is 1. The maximum Gasteiger partial charge on any atom is 0.287 e. The second-order valence-corrected chi connectivity index (χ2v) is 4.13. The molecule has 0 aliphatic carbocycles. The summed E-state index contributed by atoms with van der Waals surface area (Å²) in [6.45, 7) is 2.90. The van der Waals surface area contributed by atoms with Crippen LogP contribution in [-0.2, 0) is 11.3 Å². The second-order valence-electron chi connectivity index (χ2n) is 3.75. The van der Waals surface area contributed by atoms with Crippen molar-refractivity contribution in [2.24, 2.45) is 0 Å². The van der Waals surface area contributed by atoms with E-state index in [0.29, 0.717) is 25.2 Å². The minimum Gasteiger partial charge on any atom is -0.382 e. The Hall–Kier alpha value is -1.56. The molecule has 0 unspecified atom stereocenters. The van der Waals surface area contributed by atoms with Crippen molar-refractivity contribution in [1.29, 1.82) is 0 Å². The molecule has 0 saturated carbocycles. The van der Waals surface area contributed by atoms with Gasteiger partial charge in [0.25, 0.3) is 5.56 Å². The zero-order chi connectivity index (χ0) is 13.5. The molecule has 1 aromatic rings. The van der Waals surface area contributed by atoms with Crippen molar-refractivity contribution in [3.63, 3.8) is 0 Å². The number of amides is 1. The lowest BCUT2D eigenvalue weighted by Crippen LogP contribution is -2.25. The van der Waals surface area contributed by atoms with E-state index in [1.165, 1.54) is 10.9 Å². The molecule has 1 heterocycles. The molecule has 1 aromatic heterocycles. The molecule has 6 nitrogen and oxygen atoms in total. The molecule has 0 aliphatic heterocycles. The van der Waals surface area contributed by atoms with Crippen LogP contribution in [0.3, 0.4) is 0 Å². The van der Waals surface area contributed by atoms with E-state index >= 15 is 0 Å². The van der Waals surface area contributed by atoms with Gasteiger partial charge in [-0.1, -0.05) is 18.5 Å². The molecule has 100 valence electrons. The summed E-state index contributed by atoms with van der Waals surface area (Å²) >= 11 is 5.95. The van der Waals surface area contributed by atoms with Crippen LogP contribution in [0.1, 0.15) is 19.8 Å². The minimum absolute atomic E-state index is 0.0779. The van der Waals surface area contributed by atoms with Gasteiger partial charge >= 0.3 is 0 Å².